The molecule has 3 heterocycles. The van der Waals surface area contributed by atoms with Crippen molar-refractivity contribution in [3.8, 4) is 16.9 Å². The third-order valence-electron chi connectivity index (χ3n) is 5.44. The number of anilines is 1. The van der Waals surface area contributed by atoms with Crippen LogP contribution in [0.3, 0.4) is 0 Å². The molecular weight excluding hydrogens is 404 g/mol. The van der Waals surface area contributed by atoms with Crippen molar-refractivity contribution in [2.24, 2.45) is 9.98 Å². The Morgan fingerprint density at radius 1 is 1.10 bits per heavy atom. The summed E-state index contributed by atoms with van der Waals surface area (Å²) >= 11 is 1.73. The first kappa shape index (κ1) is 19.6. The zero-order valence-corrected chi connectivity index (χ0v) is 18.2. The van der Waals surface area contributed by atoms with Crippen LogP contribution in [0.2, 0.25) is 0 Å². The maximum atomic E-state index is 5.41. The van der Waals surface area contributed by atoms with E-state index in [1.165, 1.54) is 4.88 Å². The van der Waals surface area contributed by atoms with Gasteiger partial charge in [0.05, 0.1) is 13.7 Å². The van der Waals surface area contributed by atoms with Crippen LogP contribution in [0, 0.1) is 0 Å². The molecule has 0 saturated carbocycles. The molecule has 5 nitrogen and oxygen atoms in total. The number of ether oxygens (including phenoxy) is 1. The number of rotatable bonds is 5. The summed E-state index contributed by atoms with van der Waals surface area (Å²) in [5, 5.41) is 9.31. The van der Waals surface area contributed by atoms with E-state index in [-0.39, 0.29) is 6.17 Å². The molecule has 2 aliphatic rings. The van der Waals surface area contributed by atoms with Gasteiger partial charge in [-0.3, -0.25) is 9.98 Å². The molecule has 3 aromatic rings. The molecule has 5 rings (SSSR count). The number of hydrogen-bond acceptors (Lipinski definition) is 5. The fourth-order valence-electron chi connectivity index (χ4n) is 3.83. The number of thiophene rings is 1. The fourth-order valence-corrected chi connectivity index (χ4v) is 4.46. The van der Waals surface area contributed by atoms with Gasteiger partial charge in [0, 0.05) is 34.5 Å². The van der Waals surface area contributed by atoms with Crippen molar-refractivity contribution in [1.82, 2.24) is 5.32 Å². The molecule has 156 valence electrons. The molecule has 2 aromatic carbocycles. The molecule has 0 amide bonds. The first-order valence-corrected chi connectivity index (χ1v) is 11.3. The smallest absolute Gasteiger partial charge is 0.132 e. The summed E-state index contributed by atoms with van der Waals surface area (Å²) in [5.74, 6) is 1.75. The third-order valence-corrected chi connectivity index (χ3v) is 6.30. The highest BCUT2D eigenvalue weighted by Crippen LogP contribution is 2.31. The molecule has 6 heteroatoms. The minimum absolute atomic E-state index is 0.0405. The Bertz CT molecular complexity index is 1160. The zero-order valence-electron chi connectivity index (χ0n) is 17.3. The van der Waals surface area contributed by atoms with Crippen LogP contribution in [-0.2, 0) is 6.54 Å². The number of dihydropyridines is 1. The molecule has 1 unspecified atom stereocenters. The minimum atomic E-state index is -0.0405. The van der Waals surface area contributed by atoms with Crippen molar-refractivity contribution in [2.45, 2.75) is 19.1 Å². The number of aliphatic imine (C=N–C) groups is 2. The Kier molecular flexibility index (Phi) is 5.54. The van der Waals surface area contributed by atoms with E-state index < -0.39 is 0 Å². The molecule has 0 aliphatic carbocycles. The lowest BCUT2D eigenvalue weighted by molar-refractivity contribution is 0.415. The van der Waals surface area contributed by atoms with E-state index in [2.05, 4.69) is 69.5 Å². The van der Waals surface area contributed by atoms with Crippen molar-refractivity contribution in [3.63, 3.8) is 0 Å². The summed E-state index contributed by atoms with van der Waals surface area (Å²) < 4.78 is 5.41. The van der Waals surface area contributed by atoms with Gasteiger partial charge >= 0.3 is 0 Å². The van der Waals surface area contributed by atoms with Crippen molar-refractivity contribution in [3.05, 3.63) is 82.1 Å². The van der Waals surface area contributed by atoms with Gasteiger partial charge in [0.2, 0.25) is 0 Å². The average Bonchev–Trinajstić information content (AvgIpc) is 3.36. The molecule has 0 saturated heterocycles. The highest BCUT2D eigenvalue weighted by Gasteiger charge is 2.25. The van der Waals surface area contributed by atoms with Gasteiger partial charge in [-0.15, -0.1) is 11.3 Å². The Morgan fingerprint density at radius 3 is 2.84 bits per heavy atom. The lowest BCUT2D eigenvalue weighted by Crippen LogP contribution is -2.47. The molecule has 1 atom stereocenters. The lowest BCUT2D eigenvalue weighted by Gasteiger charge is -2.32. The van der Waals surface area contributed by atoms with Crippen molar-refractivity contribution < 1.29 is 4.74 Å². The summed E-state index contributed by atoms with van der Waals surface area (Å²) in [4.78, 5) is 10.7. The Hall–Kier alpha value is -3.38. The highest BCUT2D eigenvalue weighted by atomic mass is 32.1. The van der Waals surface area contributed by atoms with E-state index in [0.717, 1.165) is 52.5 Å². The van der Waals surface area contributed by atoms with Gasteiger partial charge < -0.3 is 15.4 Å². The summed E-state index contributed by atoms with van der Waals surface area (Å²) in [7, 11) is 1.69. The van der Waals surface area contributed by atoms with E-state index in [9.17, 15) is 0 Å². The quantitative estimate of drug-likeness (QED) is 0.594. The van der Waals surface area contributed by atoms with Crippen molar-refractivity contribution in [2.75, 3.05) is 19.0 Å². The Labute approximate surface area is 186 Å². The summed E-state index contributed by atoms with van der Waals surface area (Å²) in [6, 6.07) is 18.8. The normalized spacial score (nSPS) is 18.7. The van der Waals surface area contributed by atoms with Crippen LogP contribution in [0.15, 0.2) is 81.6 Å². The van der Waals surface area contributed by atoms with Gasteiger partial charge in [-0.2, -0.15) is 0 Å². The SMILES string of the molecule is COc1cccc(-c2ccc3c(c2)C(=NCc2cccs2)NC(C2=CCCN=C2)N3)c1. The Morgan fingerprint density at radius 2 is 2.03 bits per heavy atom. The molecule has 2 aliphatic heterocycles. The average molecular weight is 429 g/mol. The van der Waals surface area contributed by atoms with Crippen LogP contribution in [0.1, 0.15) is 16.9 Å². The largest absolute Gasteiger partial charge is 0.497 e. The van der Waals surface area contributed by atoms with Crippen LogP contribution >= 0.6 is 11.3 Å². The standard InChI is InChI=1S/C25H24N4OS/c1-30-20-7-2-5-17(13-20)18-9-10-23-22(14-18)25(27-16-21-8-4-12-31-21)29-24(28-23)19-6-3-11-26-15-19/h2,4-10,12-15,24,28H,3,11,16H2,1H3,(H,27,29). The predicted octanol–water partition coefficient (Wildman–Crippen LogP) is 5.11. The molecule has 0 fully saturated rings. The second kappa shape index (κ2) is 8.78. The van der Waals surface area contributed by atoms with Crippen LogP contribution < -0.4 is 15.4 Å². The number of benzene rings is 2. The highest BCUT2D eigenvalue weighted by molar-refractivity contribution is 7.09. The van der Waals surface area contributed by atoms with Crippen LogP contribution in [0.25, 0.3) is 11.1 Å². The first-order valence-electron chi connectivity index (χ1n) is 10.4. The first-order chi connectivity index (χ1) is 15.3. The van der Waals surface area contributed by atoms with Gasteiger partial charge in [0.1, 0.15) is 17.8 Å². The van der Waals surface area contributed by atoms with Crippen molar-refractivity contribution >= 4 is 29.1 Å². The number of fused-ring (bicyclic) bond motifs is 1. The second-order valence-corrected chi connectivity index (χ2v) is 8.52. The van der Waals surface area contributed by atoms with Gasteiger partial charge in [-0.05, 0) is 53.3 Å². The van der Waals surface area contributed by atoms with Gasteiger partial charge in [0.15, 0.2) is 0 Å². The van der Waals surface area contributed by atoms with E-state index in [1.54, 1.807) is 18.4 Å². The van der Waals surface area contributed by atoms with E-state index in [0.29, 0.717) is 6.54 Å². The molecule has 0 bridgehead atoms. The third kappa shape index (κ3) is 4.25. The molecule has 31 heavy (non-hydrogen) atoms. The number of nitrogens with one attached hydrogen (secondary N) is 2. The zero-order chi connectivity index (χ0) is 21.0. The summed E-state index contributed by atoms with van der Waals surface area (Å²) in [5.41, 5.74) is 5.53. The van der Waals surface area contributed by atoms with Gasteiger partial charge in [-0.1, -0.05) is 30.3 Å². The molecule has 0 radical (unpaired) electrons. The maximum absolute atomic E-state index is 5.41. The molecular formula is C25H24N4OS. The van der Waals surface area contributed by atoms with Gasteiger partial charge in [-0.25, -0.2) is 0 Å². The minimum Gasteiger partial charge on any atom is -0.497 e. The molecule has 1 aromatic heterocycles. The topological polar surface area (TPSA) is 58.0 Å². The van der Waals surface area contributed by atoms with Crippen LogP contribution in [-0.4, -0.2) is 31.9 Å². The van der Waals surface area contributed by atoms with Crippen LogP contribution in [0.5, 0.6) is 5.75 Å². The molecule has 2 N–H and O–H groups in total. The summed E-state index contributed by atoms with van der Waals surface area (Å²) in [6.07, 6.45) is 5.13. The number of amidine groups is 1. The summed E-state index contributed by atoms with van der Waals surface area (Å²) in [6.45, 7) is 1.51. The van der Waals surface area contributed by atoms with E-state index in [4.69, 9.17) is 9.73 Å². The lowest BCUT2D eigenvalue weighted by atomic mass is 9.98. The van der Waals surface area contributed by atoms with Crippen LogP contribution in [0.4, 0.5) is 5.69 Å². The predicted molar refractivity (Wildman–Crippen MR) is 130 cm³/mol. The number of hydrogen-bond donors (Lipinski definition) is 2. The monoisotopic (exact) mass is 428 g/mol. The Balaban J connectivity index is 1.53. The fraction of sp³-hybridized carbons (Fsp3) is 0.200. The number of methoxy groups -OCH3 is 1. The maximum Gasteiger partial charge on any atom is 0.132 e. The van der Waals surface area contributed by atoms with Crippen molar-refractivity contribution in [1.29, 1.82) is 0 Å². The van der Waals surface area contributed by atoms with Gasteiger partial charge in [0.25, 0.3) is 0 Å². The molecule has 0 spiro atoms. The second-order valence-electron chi connectivity index (χ2n) is 7.49. The van der Waals surface area contributed by atoms with E-state index in [1.807, 2.05) is 18.3 Å². The number of nitrogens with zero attached hydrogens (tertiary/aromatic N) is 2. The van der Waals surface area contributed by atoms with E-state index >= 15 is 0 Å².